The number of benzene rings is 1. The van der Waals surface area contributed by atoms with E-state index in [1.165, 1.54) is 0 Å². The van der Waals surface area contributed by atoms with Gasteiger partial charge in [0.1, 0.15) is 5.75 Å². The van der Waals surface area contributed by atoms with Crippen molar-refractivity contribution in [2.45, 2.75) is 38.0 Å². The van der Waals surface area contributed by atoms with Crippen LogP contribution in [0.2, 0.25) is 0 Å². The van der Waals surface area contributed by atoms with Crippen LogP contribution in [0.1, 0.15) is 38.3 Å². The molecule has 0 aromatic heterocycles. The summed E-state index contributed by atoms with van der Waals surface area (Å²) in [6.07, 6.45) is 1.55. The molecule has 0 aliphatic heterocycles. The van der Waals surface area contributed by atoms with Crippen molar-refractivity contribution < 1.29 is 13.2 Å². The van der Waals surface area contributed by atoms with Gasteiger partial charge in [-0.05, 0) is 31.0 Å². The van der Waals surface area contributed by atoms with Gasteiger partial charge in [0.2, 0.25) is 0 Å². The second-order valence-corrected chi connectivity index (χ2v) is 7.20. The van der Waals surface area contributed by atoms with Crippen molar-refractivity contribution in [1.29, 1.82) is 0 Å². The number of sulfone groups is 1. The number of unbranched alkanes of at least 4 members (excludes halogenated alkanes) is 1. The lowest BCUT2D eigenvalue weighted by atomic mass is 10.1. The number of rotatable bonds is 7. The summed E-state index contributed by atoms with van der Waals surface area (Å²) in [5.41, 5.74) is 6.88. The van der Waals surface area contributed by atoms with Crippen molar-refractivity contribution in [3.8, 4) is 5.75 Å². The molecule has 108 valence electrons. The lowest BCUT2D eigenvalue weighted by Gasteiger charge is -2.20. The van der Waals surface area contributed by atoms with Crippen molar-refractivity contribution in [1.82, 2.24) is 0 Å². The van der Waals surface area contributed by atoms with E-state index in [2.05, 4.69) is 0 Å². The number of nitrogens with two attached hydrogens (primary N) is 1. The Morgan fingerprint density at radius 1 is 1.26 bits per heavy atom. The Bertz CT molecular complexity index is 482. The molecular weight excluding hydrogens is 262 g/mol. The van der Waals surface area contributed by atoms with Crippen LogP contribution in [0.25, 0.3) is 0 Å². The SMILES string of the molecule is CCCCS(=O)(=O)C(C)C(N)c1ccc(OC)cc1. The lowest BCUT2D eigenvalue weighted by molar-refractivity contribution is 0.414. The molecule has 1 aromatic rings. The average molecular weight is 285 g/mol. The standard InChI is InChI=1S/C14H23NO3S/c1-4-5-10-19(16,17)11(2)14(15)12-6-8-13(18-3)9-7-12/h6-9,11,14H,4-5,10,15H2,1-3H3. The Labute approximate surface area is 115 Å². The molecule has 0 heterocycles. The van der Waals surface area contributed by atoms with Crippen LogP contribution < -0.4 is 10.5 Å². The number of methoxy groups -OCH3 is 1. The average Bonchev–Trinajstić information content (AvgIpc) is 2.43. The molecule has 0 amide bonds. The van der Waals surface area contributed by atoms with Crippen LogP contribution in [-0.4, -0.2) is 26.5 Å². The van der Waals surface area contributed by atoms with Crippen molar-refractivity contribution >= 4 is 9.84 Å². The third-order valence-electron chi connectivity index (χ3n) is 3.36. The predicted octanol–water partition coefficient (Wildman–Crippen LogP) is 2.30. The Balaban J connectivity index is 2.83. The van der Waals surface area contributed by atoms with Gasteiger partial charge in [-0.2, -0.15) is 0 Å². The minimum atomic E-state index is -3.14. The normalized spacial score (nSPS) is 14.9. The van der Waals surface area contributed by atoms with E-state index in [-0.39, 0.29) is 5.75 Å². The van der Waals surface area contributed by atoms with E-state index >= 15 is 0 Å². The summed E-state index contributed by atoms with van der Waals surface area (Å²) in [5.74, 6) is 0.937. The molecule has 0 bridgehead atoms. The highest BCUT2D eigenvalue weighted by Crippen LogP contribution is 2.23. The van der Waals surface area contributed by atoms with Crippen LogP contribution in [0, 0.1) is 0 Å². The van der Waals surface area contributed by atoms with Gasteiger partial charge < -0.3 is 10.5 Å². The molecule has 1 aromatic carbocycles. The van der Waals surface area contributed by atoms with E-state index in [1.54, 1.807) is 26.2 Å². The van der Waals surface area contributed by atoms with Gasteiger partial charge in [0.25, 0.3) is 0 Å². The molecule has 2 atom stereocenters. The maximum Gasteiger partial charge on any atom is 0.154 e. The molecule has 19 heavy (non-hydrogen) atoms. The molecular formula is C14H23NO3S. The van der Waals surface area contributed by atoms with E-state index < -0.39 is 21.1 Å². The molecule has 0 saturated heterocycles. The molecule has 0 radical (unpaired) electrons. The first-order valence-electron chi connectivity index (χ1n) is 6.53. The summed E-state index contributed by atoms with van der Waals surface area (Å²) in [7, 11) is -1.55. The van der Waals surface area contributed by atoms with Gasteiger partial charge in [-0.1, -0.05) is 25.5 Å². The minimum Gasteiger partial charge on any atom is -0.497 e. The molecule has 0 aliphatic rings. The second kappa shape index (κ2) is 6.91. The zero-order valence-electron chi connectivity index (χ0n) is 11.8. The summed E-state index contributed by atoms with van der Waals surface area (Å²) in [5, 5.41) is -0.576. The molecule has 1 rings (SSSR count). The third-order valence-corrected chi connectivity index (χ3v) is 5.64. The Morgan fingerprint density at radius 2 is 1.84 bits per heavy atom. The van der Waals surface area contributed by atoms with Crippen molar-refractivity contribution in [2.24, 2.45) is 5.73 Å². The van der Waals surface area contributed by atoms with Crippen LogP contribution in [-0.2, 0) is 9.84 Å². The van der Waals surface area contributed by atoms with Gasteiger partial charge in [-0.25, -0.2) is 8.42 Å². The first-order valence-corrected chi connectivity index (χ1v) is 8.25. The molecule has 0 spiro atoms. The van der Waals surface area contributed by atoms with Gasteiger partial charge in [0.15, 0.2) is 9.84 Å². The summed E-state index contributed by atoms with van der Waals surface area (Å²) in [4.78, 5) is 0. The maximum atomic E-state index is 12.1. The molecule has 2 unspecified atom stereocenters. The van der Waals surface area contributed by atoms with Crippen LogP contribution in [0.15, 0.2) is 24.3 Å². The fraction of sp³-hybridized carbons (Fsp3) is 0.571. The van der Waals surface area contributed by atoms with E-state index in [0.29, 0.717) is 6.42 Å². The summed E-state index contributed by atoms with van der Waals surface area (Å²) < 4.78 is 29.3. The second-order valence-electron chi connectivity index (χ2n) is 4.72. The zero-order chi connectivity index (χ0) is 14.5. The Hall–Kier alpha value is -1.07. The molecule has 5 heteroatoms. The highest BCUT2D eigenvalue weighted by atomic mass is 32.2. The molecule has 2 N–H and O–H groups in total. The first kappa shape index (κ1) is 16.0. The minimum absolute atomic E-state index is 0.203. The smallest absolute Gasteiger partial charge is 0.154 e. The van der Waals surface area contributed by atoms with Crippen LogP contribution in [0.4, 0.5) is 0 Å². The van der Waals surface area contributed by atoms with Gasteiger partial charge >= 0.3 is 0 Å². The van der Waals surface area contributed by atoms with E-state index in [1.807, 2.05) is 19.1 Å². The summed E-state index contributed by atoms with van der Waals surface area (Å²) in [6, 6.07) is 6.71. The summed E-state index contributed by atoms with van der Waals surface area (Å²) >= 11 is 0. The van der Waals surface area contributed by atoms with Crippen LogP contribution in [0.3, 0.4) is 0 Å². The predicted molar refractivity (Wildman–Crippen MR) is 78.1 cm³/mol. The molecule has 4 nitrogen and oxygen atoms in total. The number of hydrogen-bond acceptors (Lipinski definition) is 4. The molecule has 0 saturated carbocycles. The van der Waals surface area contributed by atoms with Crippen LogP contribution in [0.5, 0.6) is 5.75 Å². The zero-order valence-corrected chi connectivity index (χ0v) is 12.6. The van der Waals surface area contributed by atoms with E-state index in [9.17, 15) is 8.42 Å². The van der Waals surface area contributed by atoms with Gasteiger partial charge in [-0.15, -0.1) is 0 Å². The first-order chi connectivity index (χ1) is 8.92. The largest absolute Gasteiger partial charge is 0.497 e. The maximum absolute atomic E-state index is 12.1. The fourth-order valence-electron chi connectivity index (χ4n) is 1.85. The van der Waals surface area contributed by atoms with Crippen molar-refractivity contribution in [3.63, 3.8) is 0 Å². The van der Waals surface area contributed by atoms with Crippen LogP contribution >= 0.6 is 0 Å². The summed E-state index contributed by atoms with van der Waals surface area (Å²) in [6.45, 7) is 3.66. The van der Waals surface area contributed by atoms with Crippen molar-refractivity contribution in [2.75, 3.05) is 12.9 Å². The van der Waals surface area contributed by atoms with E-state index in [4.69, 9.17) is 10.5 Å². The Morgan fingerprint density at radius 3 is 2.32 bits per heavy atom. The topological polar surface area (TPSA) is 69.4 Å². The van der Waals surface area contributed by atoms with E-state index in [0.717, 1.165) is 17.7 Å². The molecule has 0 fully saturated rings. The van der Waals surface area contributed by atoms with Gasteiger partial charge in [0, 0.05) is 6.04 Å². The highest BCUT2D eigenvalue weighted by Gasteiger charge is 2.27. The fourth-order valence-corrected chi connectivity index (χ4v) is 3.52. The van der Waals surface area contributed by atoms with Crippen molar-refractivity contribution in [3.05, 3.63) is 29.8 Å². The highest BCUT2D eigenvalue weighted by molar-refractivity contribution is 7.92. The van der Waals surface area contributed by atoms with Gasteiger partial charge in [-0.3, -0.25) is 0 Å². The number of hydrogen-bond donors (Lipinski definition) is 1. The molecule has 0 aliphatic carbocycles. The quantitative estimate of drug-likeness (QED) is 0.834. The monoisotopic (exact) mass is 285 g/mol. The Kier molecular flexibility index (Phi) is 5.82. The third kappa shape index (κ3) is 4.21. The lowest BCUT2D eigenvalue weighted by Crippen LogP contribution is -2.32. The van der Waals surface area contributed by atoms with Gasteiger partial charge in [0.05, 0.1) is 18.1 Å². The number of ether oxygens (including phenoxy) is 1.